The van der Waals surface area contributed by atoms with Gasteiger partial charge in [-0.15, -0.1) is 0 Å². The van der Waals surface area contributed by atoms with Crippen LogP contribution in [-0.4, -0.2) is 69.4 Å². The normalized spacial score (nSPS) is 14.0. The highest BCUT2D eigenvalue weighted by molar-refractivity contribution is 7.45. The highest BCUT2D eigenvalue weighted by atomic mass is 31.2. The Kier molecular flexibility index (Phi) is 54.3. The number of hydrogen-bond acceptors (Lipinski definition) is 7. The number of phosphoric ester groups is 1. The van der Waals surface area contributed by atoms with Crippen LogP contribution in [0.1, 0.15) is 297 Å². The quantitative estimate of drug-likeness (QED) is 0.0212. The van der Waals surface area contributed by atoms with Gasteiger partial charge in [-0.05, 0) is 76.7 Å². The van der Waals surface area contributed by atoms with Crippen molar-refractivity contribution in [1.82, 2.24) is 5.32 Å². The third-order valence-electron chi connectivity index (χ3n) is 14.2. The molecule has 0 aliphatic heterocycles. The van der Waals surface area contributed by atoms with Crippen molar-refractivity contribution in [3.05, 3.63) is 60.8 Å². The predicted molar refractivity (Wildman–Crippen MR) is 325 cm³/mol. The van der Waals surface area contributed by atoms with Crippen molar-refractivity contribution in [2.45, 2.75) is 309 Å². The highest BCUT2D eigenvalue weighted by Gasteiger charge is 2.27. The molecule has 0 aliphatic carbocycles. The fourth-order valence-electron chi connectivity index (χ4n) is 9.21. The van der Waals surface area contributed by atoms with Gasteiger partial charge in [-0.25, -0.2) is 0 Å². The van der Waals surface area contributed by atoms with Crippen LogP contribution in [0.2, 0.25) is 0 Å². The number of quaternary nitrogens is 1. The van der Waals surface area contributed by atoms with Gasteiger partial charge in [-0.1, -0.05) is 268 Å². The molecule has 0 aliphatic rings. The molecule has 0 spiro atoms. The summed E-state index contributed by atoms with van der Waals surface area (Å²) in [7, 11) is 1.18. The number of likely N-dealkylation sites (N-methyl/N-ethyl adjacent to an activating group) is 1. The van der Waals surface area contributed by atoms with E-state index >= 15 is 0 Å². The molecule has 0 bridgehead atoms. The summed E-state index contributed by atoms with van der Waals surface area (Å²) < 4.78 is 30.3. The highest BCUT2D eigenvalue weighted by Crippen LogP contribution is 2.38. The number of phosphoric acid groups is 1. The lowest BCUT2D eigenvalue weighted by atomic mass is 10.0. The topological polar surface area (TPSA) is 114 Å². The molecule has 1 N–H and O–H groups in total. The predicted octanol–water partition coefficient (Wildman–Crippen LogP) is 19.2. The number of ether oxygens (including phenoxy) is 1. The number of nitrogens with one attached hydrogen (secondary N) is 1. The summed E-state index contributed by atoms with van der Waals surface area (Å²) in [6, 6.07) is -0.892. The maximum absolute atomic E-state index is 13.5. The van der Waals surface area contributed by atoms with Gasteiger partial charge in [-0.2, -0.15) is 0 Å². The number of carbonyl (C=O) groups excluding carboxylic acids is 2. The van der Waals surface area contributed by atoms with E-state index in [1.807, 2.05) is 33.3 Å². The summed E-state index contributed by atoms with van der Waals surface area (Å²) in [5.74, 6) is -0.544. The second-order valence-corrected chi connectivity index (χ2v) is 24.3. The van der Waals surface area contributed by atoms with Crippen LogP contribution < -0.4 is 10.2 Å². The van der Waals surface area contributed by atoms with Crippen LogP contribution in [0.3, 0.4) is 0 Å². The summed E-state index contributed by atoms with van der Waals surface area (Å²) in [4.78, 5) is 40.0. The summed E-state index contributed by atoms with van der Waals surface area (Å²) in [5.41, 5.74) is 0. The fraction of sp³-hybridized carbons (Fsp3) is 0.818. The van der Waals surface area contributed by atoms with Crippen LogP contribution in [0.15, 0.2) is 60.8 Å². The molecule has 0 radical (unpaired) electrons. The molecule has 0 aromatic rings. The van der Waals surface area contributed by atoms with Crippen LogP contribution in [0.5, 0.6) is 0 Å². The molecule has 3 atom stereocenters. The number of amides is 1. The first-order valence-electron chi connectivity index (χ1n) is 32.1. The number of esters is 1. The molecule has 76 heavy (non-hydrogen) atoms. The molecule has 1 amide bonds. The smallest absolute Gasteiger partial charge is 0.306 e. The van der Waals surface area contributed by atoms with E-state index in [1.54, 1.807) is 0 Å². The lowest BCUT2D eigenvalue weighted by molar-refractivity contribution is -0.870. The molecule has 0 rings (SSSR count). The fourth-order valence-corrected chi connectivity index (χ4v) is 9.94. The zero-order valence-corrected chi connectivity index (χ0v) is 51.6. The summed E-state index contributed by atoms with van der Waals surface area (Å²) >= 11 is 0. The molecule has 0 fully saturated rings. The molecule has 3 unspecified atom stereocenters. The molecular weight excluding hydrogens is 964 g/mol. The SMILES string of the molecule is CCCCC/C=C\C/C=C\C/C=C\C/C=C\CCCCCCCCCC(=O)OC(/C=C/CCCCCCCCCCCC)C(COP(=O)([O-])OCC[N+](C)(C)C)NC(=O)CCCCCCCCCCCCCCCCC. The second kappa shape index (κ2) is 56.0. The van der Waals surface area contributed by atoms with Crippen LogP contribution in [0.25, 0.3) is 0 Å². The number of carbonyl (C=O) groups is 2. The average molecular weight is 1090 g/mol. The molecule has 0 heterocycles. The standard InChI is InChI=1S/C66H123N2O7P/c1-7-10-13-16-19-22-25-28-30-31-32-33-34-35-36-37-39-41-44-47-50-53-56-59-66(70)75-64(57-54-51-48-45-42-27-24-21-18-15-12-9-3)63(62-74-76(71,72)73-61-60-68(4,5)6)67-65(69)58-55-52-49-46-43-40-38-29-26-23-20-17-14-11-8-2/h19,22,28,30,32-33,35-36,54,57,63-64H,7-18,20-21,23-27,29,31,34,37-53,55-56,58-62H2,1-6H3,(H-,67,69,71,72)/b22-19-,30-28-,33-32-,36-35-,57-54+. The Bertz CT molecular complexity index is 1490. The number of hydrogen-bond donors (Lipinski definition) is 1. The maximum Gasteiger partial charge on any atom is 0.306 e. The Labute approximate surface area is 471 Å². The minimum atomic E-state index is -4.70. The molecule has 444 valence electrons. The monoisotopic (exact) mass is 1090 g/mol. The summed E-state index contributed by atoms with van der Waals surface area (Å²) in [6.07, 6.45) is 70.4. The van der Waals surface area contributed by atoms with E-state index in [2.05, 4.69) is 74.7 Å². The van der Waals surface area contributed by atoms with Crippen LogP contribution in [0.4, 0.5) is 0 Å². The molecule has 9 nitrogen and oxygen atoms in total. The van der Waals surface area contributed by atoms with E-state index in [9.17, 15) is 19.0 Å². The Morgan fingerprint density at radius 1 is 0.461 bits per heavy atom. The third-order valence-corrected chi connectivity index (χ3v) is 15.2. The van der Waals surface area contributed by atoms with Crippen molar-refractivity contribution < 1.29 is 37.3 Å². The van der Waals surface area contributed by atoms with Crippen molar-refractivity contribution in [1.29, 1.82) is 0 Å². The summed E-state index contributed by atoms with van der Waals surface area (Å²) in [6.45, 7) is 6.83. The van der Waals surface area contributed by atoms with E-state index in [-0.39, 0.29) is 24.9 Å². The Balaban J connectivity index is 5.20. The van der Waals surface area contributed by atoms with Gasteiger partial charge in [0, 0.05) is 12.8 Å². The first-order valence-corrected chi connectivity index (χ1v) is 33.6. The van der Waals surface area contributed by atoms with E-state index in [1.165, 1.54) is 173 Å². The lowest BCUT2D eigenvalue weighted by Crippen LogP contribution is -2.47. The zero-order chi connectivity index (χ0) is 55.7. The maximum atomic E-state index is 13.5. The van der Waals surface area contributed by atoms with Crippen LogP contribution in [0, 0.1) is 0 Å². The van der Waals surface area contributed by atoms with Crippen molar-refractivity contribution in [3.63, 3.8) is 0 Å². The second-order valence-electron chi connectivity index (χ2n) is 22.9. The molecule has 0 aromatic carbocycles. The Hall–Kier alpha value is -2.29. The van der Waals surface area contributed by atoms with Crippen molar-refractivity contribution in [3.8, 4) is 0 Å². The van der Waals surface area contributed by atoms with E-state index < -0.39 is 26.6 Å². The van der Waals surface area contributed by atoms with Gasteiger partial charge in [0.1, 0.15) is 19.3 Å². The third kappa shape index (κ3) is 56.4. The van der Waals surface area contributed by atoms with Gasteiger partial charge >= 0.3 is 5.97 Å². The van der Waals surface area contributed by atoms with Crippen molar-refractivity contribution in [2.75, 3.05) is 40.9 Å². The van der Waals surface area contributed by atoms with E-state index in [0.717, 1.165) is 89.9 Å². The van der Waals surface area contributed by atoms with Crippen LogP contribution >= 0.6 is 7.82 Å². The van der Waals surface area contributed by atoms with E-state index in [0.29, 0.717) is 17.4 Å². The first-order chi connectivity index (χ1) is 36.9. The van der Waals surface area contributed by atoms with Gasteiger partial charge in [-0.3, -0.25) is 14.2 Å². The molecule has 0 saturated heterocycles. The van der Waals surface area contributed by atoms with Gasteiger partial charge < -0.3 is 28.5 Å². The average Bonchev–Trinajstić information content (AvgIpc) is 3.38. The van der Waals surface area contributed by atoms with Gasteiger partial charge in [0.15, 0.2) is 0 Å². The zero-order valence-electron chi connectivity index (χ0n) is 50.7. The Morgan fingerprint density at radius 2 is 0.803 bits per heavy atom. The number of rotatable bonds is 58. The van der Waals surface area contributed by atoms with Crippen molar-refractivity contribution in [2.24, 2.45) is 0 Å². The molecule has 10 heteroatoms. The van der Waals surface area contributed by atoms with Crippen LogP contribution in [-0.2, 0) is 27.9 Å². The first kappa shape index (κ1) is 73.7. The van der Waals surface area contributed by atoms with Gasteiger partial charge in [0.05, 0.1) is 33.8 Å². The number of allylic oxidation sites excluding steroid dienone is 9. The minimum Gasteiger partial charge on any atom is -0.756 e. The Morgan fingerprint density at radius 3 is 1.22 bits per heavy atom. The number of unbranched alkanes of at least 4 members (excludes halogenated alkanes) is 34. The van der Waals surface area contributed by atoms with Gasteiger partial charge in [0.25, 0.3) is 7.82 Å². The molecule has 0 aromatic heterocycles. The number of nitrogens with zero attached hydrogens (tertiary/aromatic N) is 1. The van der Waals surface area contributed by atoms with Crippen molar-refractivity contribution >= 4 is 19.7 Å². The molecular formula is C66H123N2O7P. The summed E-state index contributed by atoms with van der Waals surface area (Å²) in [5, 5.41) is 3.03. The largest absolute Gasteiger partial charge is 0.756 e. The lowest BCUT2D eigenvalue weighted by Gasteiger charge is -2.30. The van der Waals surface area contributed by atoms with E-state index in [4.69, 9.17) is 13.8 Å². The molecule has 0 saturated carbocycles. The minimum absolute atomic E-state index is 0.0240. The van der Waals surface area contributed by atoms with Gasteiger partial charge in [0.2, 0.25) is 5.91 Å².